The predicted molar refractivity (Wildman–Crippen MR) is 58.6 cm³/mol. The van der Waals surface area contributed by atoms with Crippen molar-refractivity contribution in [3.63, 3.8) is 0 Å². The second-order valence-electron chi connectivity index (χ2n) is 3.34. The van der Waals surface area contributed by atoms with Gasteiger partial charge in [0.2, 0.25) is 5.91 Å². The van der Waals surface area contributed by atoms with E-state index in [1.807, 2.05) is 6.07 Å². The van der Waals surface area contributed by atoms with Gasteiger partial charge >= 0.3 is 0 Å². The Morgan fingerprint density at radius 1 is 1.50 bits per heavy atom. The molecule has 1 aliphatic heterocycles. The summed E-state index contributed by atoms with van der Waals surface area (Å²) in [6.45, 7) is 0.0519. The average Bonchev–Trinajstić information content (AvgIpc) is 2.57. The molecule has 0 aliphatic carbocycles. The number of nitrogens with zero attached hydrogens (tertiary/aromatic N) is 3. The Bertz CT molecular complexity index is 521. The molecular formula is C10H6BrN3O2. The molecule has 80 valence electrons. The van der Waals surface area contributed by atoms with Gasteiger partial charge in [-0.05, 0) is 22.0 Å². The minimum atomic E-state index is -0.261. The van der Waals surface area contributed by atoms with E-state index in [1.165, 1.54) is 11.1 Å². The van der Waals surface area contributed by atoms with Crippen LogP contribution in [0.5, 0.6) is 0 Å². The smallest absolute Gasteiger partial charge is 0.236 e. The summed E-state index contributed by atoms with van der Waals surface area (Å²) < 4.78 is 0.537. The molecule has 1 amide bonds. The first-order chi connectivity index (χ1) is 7.61. The first-order valence-electron chi connectivity index (χ1n) is 4.49. The van der Waals surface area contributed by atoms with Crippen molar-refractivity contribution in [1.82, 2.24) is 4.98 Å². The number of carbonyl (C=O) groups excluding carboxylic acids is 2. The largest absolute Gasteiger partial charge is 0.297 e. The molecule has 0 spiro atoms. The summed E-state index contributed by atoms with van der Waals surface area (Å²) in [5, 5.41) is 8.67. The Kier molecular flexibility index (Phi) is 2.71. The number of hydrogen-bond acceptors (Lipinski definition) is 4. The average molecular weight is 280 g/mol. The minimum Gasteiger partial charge on any atom is -0.297 e. The maximum Gasteiger partial charge on any atom is 0.236 e. The summed E-state index contributed by atoms with van der Waals surface area (Å²) in [6.07, 6.45) is 1.30. The van der Waals surface area contributed by atoms with Crippen molar-refractivity contribution in [2.75, 3.05) is 11.4 Å². The number of rotatable bonds is 1. The molecular weight excluding hydrogens is 274 g/mol. The SMILES string of the molecule is N#Cc1cnc(N2CC(=O)CC2=O)c(Br)c1. The highest BCUT2D eigenvalue weighted by atomic mass is 79.9. The third kappa shape index (κ3) is 1.82. The molecule has 0 bridgehead atoms. The van der Waals surface area contributed by atoms with Crippen LogP contribution in [0.1, 0.15) is 12.0 Å². The fraction of sp³-hybridized carbons (Fsp3) is 0.200. The van der Waals surface area contributed by atoms with E-state index in [4.69, 9.17) is 5.26 Å². The standard InChI is InChI=1S/C10H6BrN3O2/c11-8-1-6(3-12)4-13-10(8)14-5-7(15)2-9(14)16/h1,4H,2,5H2. The molecule has 5 nitrogen and oxygen atoms in total. The van der Waals surface area contributed by atoms with Crippen LogP contribution in [0, 0.1) is 11.3 Å². The Hall–Kier alpha value is -1.74. The maximum atomic E-state index is 11.5. The van der Waals surface area contributed by atoms with Gasteiger partial charge in [-0.15, -0.1) is 0 Å². The lowest BCUT2D eigenvalue weighted by atomic mass is 10.3. The molecule has 0 atom stereocenters. The fourth-order valence-corrected chi connectivity index (χ4v) is 2.03. The first kappa shape index (κ1) is 10.8. The van der Waals surface area contributed by atoms with Gasteiger partial charge < -0.3 is 0 Å². The summed E-state index contributed by atoms with van der Waals surface area (Å²) in [5.74, 6) is 0.000757. The normalized spacial score (nSPS) is 15.4. The third-order valence-corrected chi connectivity index (χ3v) is 2.77. The summed E-state index contributed by atoms with van der Waals surface area (Å²) in [5.41, 5.74) is 0.397. The molecule has 1 fully saturated rings. The number of anilines is 1. The number of halogens is 1. The summed E-state index contributed by atoms with van der Waals surface area (Å²) in [7, 11) is 0. The molecule has 16 heavy (non-hydrogen) atoms. The summed E-state index contributed by atoms with van der Waals surface area (Å²) in [6, 6.07) is 3.51. The van der Waals surface area contributed by atoms with Gasteiger partial charge in [0, 0.05) is 6.20 Å². The number of amides is 1. The van der Waals surface area contributed by atoms with E-state index in [-0.39, 0.29) is 24.7 Å². The Balaban J connectivity index is 2.39. The number of hydrogen-bond donors (Lipinski definition) is 0. The number of nitriles is 1. The number of pyridine rings is 1. The lowest BCUT2D eigenvalue weighted by Gasteiger charge is -2.14. The van der Waals surface area contributed by atoms with Crippen LogP contribution in [0.2, 0.25) is 0 Å². The maximum absolute atomic E-state index is 11.5. The molecule has 1 aromatic heterocycles. The number of aromatic nitrogens is 1. The van der Waals surface area contributed by atoms with Gasteiger partial charge in [-0.3, -0.25) is 14.5 Å². The van der Waals surface area contributed by atoms with Gasteiger partial charge in [0.25, 0.3) is 0 Å². The Labute approximate surface area is 99.8 Å². The van der Waals surface area contributed by atoms with Crippen LogP contribution >= 0.6 is 15.9 Å². The highest BCUT2D eigenvalue weighted by Gasteiger charge is 2.30. The lowest BCUT2D eigenvalue weighted by Crippen LogP contribution is -2.25. The zero-order valence-corrected chi connectivity index (χ0v) is 9.69. The van der Waals surface area contributed by atoms with Crippen molar-refractivity contribution < 1.29 is 9.59 Å². The Morgan fingerprint density at radius 2 is 2.25 bits per heavy atom. The van der Waals surface area contributed by atoms with Crippen LogP contribution in [-0.2, 0) is 9.59 Å². The minimum absolute atomic E-state index is 0.0519. The number of ketones is 1. The van der Waals surface area contributed by atoms with E-state index >= 15 is 0 Å². The van der Waals surface area contributed by atoms with E-state index in [9.17, 15) is 9.59 Å². The van der Waals surface area contributed by atoms with Gasteiger partial charge in [0.15, 0.2) is 5.78 Å². The second kappa shape index (κ2) is 4.02. The molecule has 0 radical (unpaired) electrons. The second-order valence-corrected chi connectivity index (χ2v) is 4.19. The van der Waals surface area contributed by atoms with Crippen molar-refractivity contribution in [3.8, 4) is 6.07 Å². The molecule has 1 aliphatic rings. The topological polar surface area (TPSA) is 74.1 Å². The highest BCUT2D eigenvalue weighted by Crippen LogP contribution is 2.27. The van der Waals surface area contributed by atoms with Crippen molar-refractivity contribution in [3.05, 3.63) is 22.3 Å². The van der Waals surface area contributed by atoms with Crippen LogP contribution in [-0.4, -0.2) is 23.2 Å². The molecule has 0 aromatic carbocycles. The zero-order valence-electron chi connectivity index (χ0n) is 8.11. The molecule has 2 heterocycles. The van der Waals surface area contributed by atoms with Crippen LogP contribution in [0.3, 0.4) is 0 Å². The Morgan fingerprint density at radius 3 is 2.75 bits per heavy atom. The van der Waals surface area contributed by atoms with Crippen LogP contribution < -0.4 is 4.90 Å². The van der Waals surface area contributed by atoms with Gasteiger partial charge in [0.1, 0.15) is 11.9 Å². The molecule has 0 unspecified atom stereocenters. The molecule has 0 saturated carbocycles. The summed E-state index contributed by atoms with van der Waals surface area (Å²) in [4.78, 5) is 27.9. The monoisotopic (exact) mass is 279 g/mol. The highest BCUT2D eigenvalue weighted by molar-refractivity contribution is 9.10. The van der Waals surface area contributed by atoms with Crippen LogP contribution in [0.4, 0.5) is 5.82 Å². The van der Waals surface area contributed by atoms with Gasteiger partial charge in [-0.25, -0.2) is 4.98 Å². The van der Waals surface area contributed by atoms with Crippen molar-refractivity contribution in [2.24, 2.45) is 0 Å². The quantitative estimate of drug-likeness (QED) is 0.720. The first-order valence-corrected chi connectivity index (χ1v) is 5.29. The molecule has 1 saturated heterocycles. The van der Waals surface area contributed by atoms with E-state index in [0.29, 0.717) is 15.9 Å². The van der Waals surface area contributed by atoms with Crippen molar-refractivity contribution >= 4 is 33.4 Å². The van der Waals surface area contributed by atoms with Gasteiger partial charge in [-0.2, -0.15) is 5.26 Å². The molecule has 2 rings (SSSR count). The van der Waals surface area contributed by atoms with E-state index < -0.39 is 0 Å². The number of Topliss-reactive ketones (excluding diaryl/α,β-unsaturated/α-hetero) is 1. The van der Waals surface area contributed by atoms with Crippen LogP contribution in [0.15, 0.2) is 16.7 Å². The molecule has 6 heteroatoms. The van der Waals surface area contributed by atoms with Crippen molar-refractivity contribution in [2.45, 2.75) is 6.42 Å². The van der Waals surface area contributed by atoms with E-state index in [2.05, 4.69) is 20.9 Å². The van der Waals surface area contributed by atoms with Gasteiger partial charge in [-0.1, -0.05) is 0 Å². The van der Waals surface area contributed by atoms with Crippen LogP contribution in [0.25, 0.3) is 0 Å². The lowest BCUT2D eigenvalue weighted by molar-refractivity contribution is -0.121. The van der Waals surface area contributed by atoms with E-state index in [0.717, 1.165) is 0 Å². The summed E-state index contributed by atoms with van der Waals surface area (Å²) >= 11 is 3.23. The van der Waals surface area contributed by atoms with Crippen molar-refractivity contribution in [1.29, 1.82) is 5.26 Å². The zero-order chi connectivity index (χ0) is 11.7. The van der Waals surface area contributed by atoms with E-state index in [1.54, 1.807) is 6.07 Å². The van der Waals surface area contributed by atoms with Gasteiger partial charge in [0.05, 0.1) is 23.0 Å². The predicted octanol–water partition coefficient (Wildman–Crippen LogP) is 1.02. The number of carbonyl (C=O) groups is 2. The fourth-order valence-electron chi connectivity index (χ4n) is 1.47. The molecule has 1 aromatic rings. The molecule has 0 N–H and O–H groups in total. The third-order valence-electron chi connectivity index (χ3n) is 2.19.